The monoisotopic (exact) mass is 273 g/mol. The van der Waals surface area contributed by atoms with E-state index in [1.165, 1.54) is 0 Å². The van der Waals surface area contributed by atoms with E-state index in [4.69, 9.17) is 15.2 Å². The Hall–Kier alpha value is -2.01. The van der Waals surface area contributed by atoms with Crippen LogP contribution in [-0.2, 0) is 0 Å². The van der Waals surface area contributed by atoms with Crippen molar-refractivity contribution in [2.45, 2.75) is 13.3 Å². The van der Waals surface area contributed by atoms with Crippen LogP contribution in [0.15, 0.2) is 24.4 Å². The van der Waals surface area contributed by atoms with Crippen molar-refractivity contribution in [3.05, 3.63) is 24.4 Å². The average Bonchev–Trinajstić information content (AvgIpc) is 2.93. The Morgan fingerprint density at radius 3 is 2.85 bits per heavy atom. The first kappa shape index (κ1) is 13.0. The fraction of sp³-hybridized carbons (Fsp3) is 0.400. The SMILES string of the molecule is CCN(CCCN)c1nccc2cc3c(cc12)OCO3. The average molecular weight is 273 g/mol. The molecule has 0 radical (unpaired) electrons. The maximum Gasteiger partial charge on any atom is 0.231 e. The van der Waals surface area contributed by atoms with Gasteiger partial charge in [0.2, 0.25) is 6.79 Å². The number of ether oxygens (including phenoxy) is 2. The molecule has 0 aliphatic carbocycles. The molecule has 2 N–H and O–H groups in total. The molecule has 3 rings (SSSR count). The summed E-state index contributed by atoms with van der Waals surface area (Å²) in [5.41, 5.74) is 5.61. The largest absolute Gasteiger partial charge is 0.454 e. The van der Waals surface area contributed by atoms with E-state index in [1.807, 2.05) is 24.4 Å². The van der Waals surface area contributed by atoms with Crippen LogP contribution in [0.5, 0.6) is 11.5 Å². The van der Waals surface area contributed by atoms with E-state index < -0.39 is 0 Å². The minimum Gasteiger partial charge on any atom is -0.454 e. The van der Waals surface area contributed by atoms with Gasteiger partial charge < -0.3 is 20.1 Å². The highest BCUT2D eigenvalue weighted by molar-refractivity contribution is 5.94. The number of pyridine rings is 1. The van der Waals surface area contributed by atoms with E-state index in [0.717, 1.165) is 47.6 Å². The van der Waals surface area contributed by atoms with Gasteiger partial charge in [0.05, 0.1) is 0 Å². The maximum absolute atomic E-state index is 5.61. The van der Waals surface area contributed by atoms with Crippen LogP contribution in [0.25, 0.3) is 10.8 Å². The lowest BCUT2D eigenvalue weighted by Gasteiger charge is -2.23. The minimum atomic E-state index is 0.291. The number of hydrogen-bond donors (Lipinski definition) is 1. The van der Waals surface area contributed by atoms with Crippen molar-refractivity contribution in [3.63, 3.8) is 0 Å². The molecule has 20 heavy (non-hydrogen) atoms. The third-order valence-corrected chi connectivity index (χ3v) is 3.55. The topological polar surface area (TPSA) is 60.6 Å². The minimum absolute atomic E-state index is 0.291. The summed E-state index contributed by atoms with van der Waals surface area (Å²) in [7, 11) is 0. The van der Waals surface area contributed by atoms with Crippen LogP contribution in [0.3, 0.4) is 0 Å². The summed E-state index contributed by atoms with van der Waals surface area (Å²) in [6, 6.07) is 6.03. The van der Waals surface area contributed by atoms with Crippen LogP contribution in [0.4, 0.5) is 5.82 Å². The molecular formula is C15H19N3O2. The number of nitrogens with two attached hydrogens (primary N) is 1. The fourth-order valence-electron chi connectivity index (χ4n) is 2.49. The van der Waals surface area contributed by atoms with Crippen molar-refractivity contribution in [3.8, 4) is 11.5 Å². The lowest BCUT2D eigenvalue weighted by atomic mass is 10.1. The first-order valence-corrected chi connectivity index (χ1v) is 6.97. The lowest BCUT2D eigenvalue weighted by Crippen LogP contribution is -2.26. The molecule has 1 aliphatic heterocycles. The van der Waals surface area contributed by atoms with Crippen molar-refractivity contribution < 1.29 is 9.47 Å². The van der Waals surface area contributed by atoms with Crippen molar-refractivity contribution in [1.82, 2.24) is 4.98 Å². The molecule has 2 heterocycles. The second-order valence-corrected chi connectivity index (χ2v) is 4.78. The number of benzene rings is 1. The predicted octanol–water partition coefficient (Wildman–Crippen LogP) is 2.14. The summed E-state index contributed by atoms with van der Waals surface area (Å²) in [6.07, 6.45) is 2.79. The number of nitrogens with zero attached hydrogens (tertiary/aromatic N) is 2. The highest BCUT2D eigenvalue weighted by atomic mass is 16.7. The van der Waals surface area contributed by atoms with Gasteiger partial charge in [-0.2, -0.15) is 0 Å². The molecule has 0 saturated carbocycles. The van der Waals surface area contributed by atoms with Crippen molar-refractivity contribution >= 4 is 16.6 Å². The molecule has 0 atom stereocenters. The zero-order chi connectivity index (χ0) is 13.9. The van der Waals surface area contributed by atoms with Gasteiger partial charge in [-0.1, -0.05) is 0 Å². The summed E-state index contributed by atoms with van der Waals surface area (Å²) < 4.78 is 10.9. The fourth-order valence-corrected chi connectivity index (χ4v) is 2.49. The third-order valence-electron chi connectivity index (χ3n) is 3.55. The Kier molecular flexibility index (Phi) is 3.60. The van der Waals surface area contributed by atoms with Gasteiger partial charge in [0.25, 0.3) is 0 Å². The van der Waals surface area contributed by atoms with Gasteiger partial charge in [0.15, 0.2) is 11.5 Å². The molecule has 106 valence electrons. The van der Waals surface area contributed by atoms with E-state index in [9.17, 15) is 0 Å². The molecular weight excluding hydrogens is 254 g/mol. The van der Waals surface area contributed by atoms with Gasteiger partial charge >= 0.3 is 0 Å². The van der Waals surface area contributed by atoms with E-state index in [1.54, 1.807) is 0 Å². The molecule has 0 unspecified atom stereocenters. The Labute approximate surface area is 118 Å². The second-order valence-electron chi connectivity index (χ2n) is 4.78. The number of aromatic nitrogens is 1. The van der Waals surface area contributed by atoms with Gasteiger partial charge in [-0.3, -0.25) is 0 Å². The molecule has 1 aromatic heterocycles. The van der Waals surface area contributed by atoms with Gasteiger partial charge in [-0.25, -0.2) is 4.98 Å². The lowest BCUT2D eigenvalue weighted by molar-refractivity contribution is 0.174. The van der Waals surface area contributed by atoms with Crippen molar-refractivity contribution in [1.29, 1.82) is 0 Å². The predicted molar refractivity (Wildman–Crippen MR) is 79.4 cm³/mol. The molecule has 0 spiro atoms. The van der Waals surface area contributed by atoms with Gasteiger partial charge in [-0.05, 0) is 43.5 Å². The molecule has 0 amide bonds. The summed E-state index contributed by atoms with van der Waals surface area (Å²) in [6.45, 7) is 4.92. The van der Waals surface area contributed by atoms with Crippen molar-refractivity contribution in [2.75, 3.05) is 31.3 Å². The summed E-state index contributed by atoms with van der Waals surface area (Å²) in [5.74, 6) is 2.58. The van der Waals surface area contributed by atoms with Crippen LogP contribution in [0.1, 0.15) is 13.3 Å². The molecule has 1 aromatic carbocycles. The quantitative estimate of drug-likeness (QED) is 0.904. The van der Waals surface area contributed by atoms with E-state index >= 15 is 0 Å². The van der Waals surface area contributed by atoms with Gasteiger partial charge in [-0.15, -0.1) is 0 Å². The molecule has 0 fully saturated rings. The summed E-state index contributed by atoms with van der Waals surface area (Å²) >= 11 is 0. The maximum atomic E-state index is 5.61. The van der Waals surface area contributed by atoms with Crippen molar-refractivity contribution in [2.24, 2.45) is 5.73 Å². The smallest absolute Gasteiger partial charge is 0.231 e. The molecule has 5 nitrogen and oxygen atoms in total. The highest BCUT2D eigenvalue weighted by Crippen LogP contribution is 2.38. The second kappa shape index (κ2) is 5.54. The van der Waals surface area contributed by atoms with Crippen LogP contribution in [0.2, 0.25) is 0 Å². The summed E-state index contributed by atoms with van der Waals surface area (Å²) in [5, 5.41) is 2.21. The van der Waals surface area contributed by atoms with Gasteiger partial charge in [0, 0.05) is 24.7 Å². The zero-order valence-electron chi connectivity index (χ0n) is 11.6. The van der Waals surface area contributed by atoms with Crippen LogP contribution in [0, 0.1) is 0 Å². The normalized spacial score (nSPS) is 12.9. The molecule has 0 saturated heterocycles. The number of anilines is 1. The van der Waals surface area contributed by atoms with Gasteiger partial charge in [0.1, 0.15) is 5.82 Å². The Morgan fingerprint density at radius 2 is 2.10 bits per heavy atom. The van der Waals surface area contributed by atoms with Crippen LogP contribution in [-0.4, -0.2) is 31.4 Å². The Morgan fingerprint density at radius 1 is 1.30 bits per heavy atom. The standard InChI is InChI=1S/C15H19N3O2/c1-2-18(7-3-5-16)15-12-9-14-13(19-10-20-14)8-11(12)4-6-17-15/h4,6,8-9H,2-3,5,7,10,16H2,1H3. The molecule has 1 aliphatic rings. The molecule has 5 heteroatoms. The summed E-state index contributed by atoms with van der Waals surface area (Å²) in [4.78, 5) is 6.79. The molecule has 0 bridgehead atoms. The Balaban J connectivity index is 2.06. The number of rotatable bonds is 5. The highest BCUT2D eigenvalue weighted by Gasteiger charge is 2.17. The zero-order valence-corrected chi connectivity index (χ0v) is 11.6. The van der Waals surface area contributed by atoms with Crippen LogP contribution < -0.4 is 20.1 Å². The van der Waals surface area contributed by atoms with E-state index in [0.29, 0.717) is 13.3 Å². The first-order chi connectivity index (χ1) is 9.83. The molecule has 2 aromatic rings. The number of fused-ring (bicyclic) bond motifs is 2. The number of hydrogen-bond acceptors (Lipinski definition) is 5. The third kappa shape index (κ3) is 2.25. The van der Waals surface area contributed by atoms with E-state index in [-0.39, 0.29) is 0 Å². The Bertz CT molecular complexity index is 615. The first-order valence-electron chi connectivity index (χ1n) is 6.97. The van der Waals surface area contributed by atoms with E-state index in [2.05, 4.69) is 16.8 Å². The van der Waals surface area contributed by atoms with Crippen LogP contribution >= 0.6 is 0 Å².